The maximum Gasteiger partial charge on any atom is 0.345 e. The van der Waals surface area contributed by atoms with Gasteiger partial charge in [-0.15, -0.1) is 0 Å². The van der Waals surface area contributed by atoms with Crippen molar-refractivity contribution in [3.05, 3.63) is 45.3 Å². The molecule has 1 unspecified atom stereocenters. The first kappa shape index (κ1) is 17.1. The van der Waals surface area contributed by atoms with Crippen LogP contribution < -0.4 is 10.4 Å². The van der Waals surface area contributed by atoms with Gasteiger partial charge in [0.1, 0.15) is 11.6 Å². The highest BCUT2D eigenvalue weighted by Crippen LogP contribution is 2.21. The molecule has 130 valence electrons. The summed E-state index contributed by atoms with van der Waals surface area (Å²) >= 11 is 5.65. The lowest BCUT2D eigenvalue weighted by Crippen LogP contribution is -2.35. The minimum atomic E-state index is -3.82. The Balaban J connectivity index is 1.77. The predicted molar refractivity (Wildman–Crippen MR) is 85.9 cm³/mol. The second kappa shape index (κ2) is 6.30. The van der Waals surface area contributed by atoms with Gasteiger partial charge in [0.25, 0.3) is 0 Å². The molecule has 0 aliphatic carbocycles. The maximum absolute atomic E-state index is 13.2. The monoisotopic (exact) mass is 374 g/mol. The van der Waals surface area contributed by atoms with Crippen LogP contribution in [0.3, 0.4) is 0 Å². The van der Waals surface area contributed by atoms with Crippen LogP contribution in [0.5, 0.6) is 0 Å². The predicted octanol–water partition coefficient (Wildman–Crippen LogP) is 1.06. The fraction of sp³-hybridized carbons (Fsp3) is 0.429. The van der Waals surface area contributed by atoms with Crippen molar-refractivity contribution >= 4 is 21.6 Å². The van der Waals surface area contributed by atoms with Crippen molar-refractivity contribution in [1.82, 2.24) is 19.1 Å². The Hall–Kier alpha value is -1.71. The van der Waals surface area contributed by atoms with Gasteiger partial charge in [0, 0.05) is 26.1 Å². The van der Waals surface area contributed by atoms with Crippen molar-refractivity contribution in [2.75, 3.05) is 0 Å². The van der Waals surface area contributed by atoms with Crippen molar-refractivity contribution in [3.63, 3.8) is 0 Å². The first-order valence-electron chi connectivity index (χ1n) is 7.38. The number of hydrogen-bond donors (Lipinski definition) is 1. The van der Waals surface area contributed by atoms with E-state index < -0.39 is 15.8 Å². The normalized spacial score (nSPS) is 18.2. The molecule has 24 heavy (non-hydrogen) atoms. The molecule has 7 nitrogen and oxygen atoms in total. The van der Waals surface area contributed by atoms with E-state index >= 15 is 0 Å². The molecule has 0 amide bonds. The summed E-state index contributed by atoms with van der Waals surface area (Å²) in [5, 5.41) is 3.90. The number of hydrogen-bond acceptors (Lipinski definition) is 4. The molecule has 1 atom stereocenters. The molecule has 10 heteroatoms. The molecule has 0 fully saturated rings. The molecule has 2 heterocycles. The number of rotatable bonds is 3. The summed E-state index contributed by atoms with van der Waals surface area (Å²) in [5.41, 5.74) is -0.209. The Morgan fingerprint density at radius 2 is 2.12 bits per heavy atom. The largest absolute Gasteiger partial charge is 0.345 e. The van der Waals surface area contributed by atoms with Gasteiger partial charge >= 0.3 is 5.69 Å². The molecular formula is C14H16ClFN4O3S. The van der Waals surface area contributed by atoms with E-state index in [0.29, 0.717) is 31.6 Å². The van der Waals surface area contributed by atoms with Crippen LogP contribution in [0.25, 0.3) is 0 Å². The molecule has 1 aromatic carbocycles. The Morgan fingerprint density at radius 1 is 1.38 bits per heavy atom. The third-order valence-electron chi connectivity index (χ3n) is 4.03. The van der Waals surface area contributed by atoms with Crippen molar-refractivity contribution in [3.8, 4) is 0 Å². The van der Waals surface area contributed by atoms with Crippen LogP contribution in [0.1, 0.15) is 18.7 Å². The summed E-state index contributed by atoms with van der Waals surface area (Å²) in [7, 11) is -2.23. The van der Waals surface area contributed by atoms with Crippen molar-refractivity contribution in [2.24, 2.45) is 7.05 Å². The second-order valence-corrected chi connectivity index (χ2v) is 7.82. The summed E-state index contributed by atoms with van der Waals surface area (Å²) in [4.78, 5) is 11.8. The van der Waals surface area contributed by atoms with Gasteiger partial charge < -0.3 is 0 Å². The standard InChI is InChI=1S/C14H16ClFN4O3S/c1-19-14(21)20-7-6-9(2-5-13(20)17-19)18-24(22,23)10-3-4-12(16)11(15)8-10/h3-4,8-9,18H,2,5-7H2,1H3. The van der Waals surface area contributed by atoms with E-state index in [4.69, 9.17) is 11.6 Å². The van der Waals surface area contributed by atoms with Crippen LogP contribution in [-0.4, -0.2) is 28.8 Å². The molecule has 2 aromatic rings. The fourth-order valence-corrected chi connectivity index (χ4v) is 4.32. The summed E-state index contributed by atoms with van der Waals surface area (Å²) in [6, 6.07) is 2.92. The van der Waals surface area contributed by atoms with Gasteiger partial charge in [-0.1, -0.05) is 11.6 Å². The summed E-state index contributed by atoms with van der Waals surface area (Å²) < 4.78 is 43.5. The van der Waals surface area contributed by atoms with Crippen LogP contribution in [0.15, 0.2) is 27.9 Å². The minimum absolute atomic E-state index is 0.0909. The highest BCUT2D eigenvalue weighted by Gasteiger charge is 2.25. The van der Waals surface area contributed by atoms with Crippen LogP contribution in [0.4, 0.5) is 4.39 Å². The zero-order chi connectivity index (χ0) is 17.5. The van der Waals surface area contributed by atoms with Gasteiger partial charge in [0.15, 0.2) is 0 Å². The van der Waals surface area contributed by atoms with Crippen molar-refractivity contribution < 1.29 is 12.8 Å². The summed E-state index contributed by atoms with van der Waals surface area (Å²) in [5.74, 6) is -0.0274. The molecule has 0 spiro atoms. The van der Waals surface area contributed by atoms with Crippen molar-refractivity contribution in [1.29, 1.82) is 0 Å². The maximum atomic E-state index is 13.2. The second-order valence-electron chi connectivity index (χ2n) is 5.70. The first-order valence-corrected chi connectivity index (χ1v) is 9.24. The van der Waals surface area contributed by atoms with Gasteiger partial charge in [0.05, 0.1) is 9.92 Å². The highest BCUT2D eigenvalue weighted by molar-refractivity contribution is 7.89. The van der Waals surface area contributed by atoms with Crippen LogP contribution in [-0.2, 0) is 30.0 Å². The van der Waals surface area contributed by atoms with E-state index in [9.17, 15) is 17.6 Å². The number of nitrogens with zero attached hydrogens (tertiary/aromatic N) is 3. The smallest absolute Gasteiger partial charge is 0.279 e. The van der Waals surface area contributed by atoms with Gasteiger partial charge in [-0.3, -0.25) is 4.57 Å². The lowest BCUT2D eigenvalue weighted by molar-refractivity contribution is 0.490. The molecule has 0 radical (unpaired) electrons. The van der Waals surface area contributed by atoms with E-state index in [1.54, 1.807) is 11.6 Å². The average molecular weight is 375 g/mol. The Kier molecular flexibility index (Phi) is 4.50. The quantitative estimate of drug-likeness (QED) is 0.870. The third kappa shape index (κ3) is 3.24. The number of benzene rings is 1. The Morgan fingerprint density at radius 3 is 2.83 bits per heavy atom. The first-order chi connectivity index (χ1) is 11.3. The van der Waals surface area contributed by atoms with E-state index in [1.807, 2.05) is 0 Å². The lowest BCUT2D eigenvalue weighted by atomic mass is 10.1. The minimum Gasteiger partial charge on any atom is -0.279 e. The van der Waals surface area contributed by atoms with E-state index in [0.717, 1.165) is 12.1 Å². The summed E-state index contributed by atoms with van der Waals surface area (Å²) in [6.45, 7) is 0.388. The number of aryl methyl sites for hydroxylation is 2. The lowest BCUT2D eigenvalue weighted by Gasteiger charge is -2.16. The van der Waals surface area contributed by atoms with Gasteiger partial charge in [0.2, 0.25) is 10.0 Å². The number of halogens is 2. The molecule has 0 bridgehead atoms. The molecule has 1 N–H and O–H groups in total. The van der Waals surface area contributed by atoms with E-state index in [2.05, 4.69) is 9.82 Å². The molecule has 1 aliphatic heterocycles. The summed E-state index contributed by atoms with van der Waals surface area (Å²) in [6.07, 6.45) is 1.48. The highest BCUT2D eigenvalue weighted by atomic mass is 35.5. The van der Waals surface area contributed by atoms with Crippen LogP contribution in [0.2, 0.25) is 5.02 Å². The SMILES string of the molecule is Cn1nc2n(c1=O)CCC(NS(=O)(=O)c1ccc(F)c(Cl)c1)CC2. The van der Waals surface area contributed by atoms with Gasteiger partial charge in [-0.25, -0.2) is 27.0 Å². The van der Waals surface area contributed by atoms with Gasteiger partial charge in [-0.05, 0) is 31.0 Å². The number of aromatic nitrogens is 3. The van der Waals surface area contributed by atoms with Crippen LogP contribution >= 0.6 is 11.6 Å². The van der Waals surface area contributed by atoms with E-state index in [-0.39, 0.29) is 21.6 Å². The molecule has 0 saturated heterocycles. The molecular weight excluding hydrogens is 359 g/mol. The third-order valence-corrected chi connectivity index (χ3v) is 5.83. The molecule has 0 saturated carbocycles. The zero-order valence-corrected chi connectivity index (χ0v) is 14.4. The number of fused-ring (bicyclic) bond motifs is 1. The fourth-order valence-electron chi connectivity index (χ4n) is 2.75. The molecule has 1 aliphatic rings. The topological polar surface area (TPSA) is 86.0 Å². The van der Waals surface area contributed by atoms with Crippen LogP contribution in [0, 0.1) is 5.82 Å². The molecule has 3 rings (SSSR count). The Labute approximate surface area is 143 Å². The van der Waals surface area contributed by atoms with Gasteiger partial charge in [-0.2, -0.15) is 5.10 Å². The van der Waals surface area contributed by atoms with E-state index in [1.165, 1.54) is 10.7 Å². The Bertz CT molecular complexity index is 938. The number of nitrogens with one attached hydrogen (secondary N) is 1. The molecule has 1 aromatic heterocycles. The van der Waals surface area contributed by atoms with Crippen molar-refractivity contribution in [2.45, 2.75) is 36.7 Å². The average Bonchev–Trinajstić information content (AvgIpc) is 2.68. The zero-order valence-electron chi connectivity index (χ0n) is 12.9. The number of sulfonamides is 1.